The lowest BCUT2D eigenvalue weighted by Crippen LogP contribution is -1.71. The molecule has 43 valence electrons. The quantitative estimate of drug-likeness (QED) is 0.569. The Labute approximate surface area is 54.2 Å². The molecule has 0 N–H and O–H groups in total. The van der Waals surface area contributed by atoms with Gasteiger partial charge in [0, 0.05) is 4.88 Å². The summed E-state index contributed by atoms with van der Waals surface area (Å²) < 4.78 is 0. The molecule has 0 saturated carbocycles. The molecule has 0 saturated heterocycles. The molecule has 0 aliphatic heterocycles. The molecular formula is C7H9S. The van der Waals surface area contributed by atoms with E-state index in [1.807, 2.05) is 11.3 Å². The molecule has 0 spiro atoms. The summed E-state index contributed by atoms with van der Waals surface area (Å²) in [6.07, 6.45) is 2.15. The van der Waals surface area contributed by atoms with Gasteiger partial charge >= 0.3 is 0 Å². The maximum Gasteiger partial charge on any atom is 0.00452 e. The highest BCUT2D eigenvalue weighted by molar-refractivity contribution is 7.09. The van der Waals surface area contributed by atoms with Crippen LogP contribution in [0.2, 0.25) is 0 Å². The smallest absolute Gasteiger partial charge is 0.00452 e. The van der Waals surface area contributed by atoms with E-state index in [0.717, 1.165) is 12.8 Å². The first-order chi connectivity index (χ1) is 3.93. The first kappa shape index (κ1) is 5.83. The first-order valence-electron chi connectivity index (χ1n) is 2.75. The second-order valence-corrected chi connectivity index (χ2v) is 2.72. The van der Waals surface area contributed by atoms with Crippen molar-refractivity contribution in [1.82, 2.24) is 0 Å². The fourth-order valence-corrected chi connectivity index (χ4v) is 1.38. The van der Waals surface area contributed by atoms with Gasteiger partial charge in [0.1, 0.15) is 0 Å². The van der Waals surface area contributed by atoms with E-state index in [0.29, 0.717) is 0 Å². The highest BCUT2D eigenvalue weighted by atomic mass is 32.1. The summed E-state index contributed by atoms with van der Waals surface area (Å²) in [5.41, 5.74) is 0. The molecule has 0 aliphatic rings. The Morgan fingerprint density at radius 1 is 1.62 bits per heavy atom. The number of hydrogen-bond donors (Lipinski definition) is 0. The Kier molecular flexibility index (Phi) is 2.10. The monoisotopic (exact) mass is 125 g/mol. The predicted molar refractivity (Wildman–Crippen MR) is 38.0 cm³/mol. The van der Waals surface area contributed by atoms with Crippen LogP contribution in [0, 0.1) is 6.92 Å². The molecule has 0 aliphatic carbocycles. The molecule has 0 nitrogen and oxygen atoms in total. The SMILES string of the molecule is [CH2]CCc1cccs1. The third-order valence-electron chi connectivity index (χ3n) is 1.00. The van der Waals surface area contributed by atoms with Crippen molar-refractivity contribution in [3.05, 3.63) is 29.3 Å². The Balaban J connectivity index is 2.50. The number of hydrogen-bond acceptors (Lipinski definition) is 1. The minimum atomic E-state index is 1.01. The molecule has 0 bridgehead atoms. The number of thiophene rings is 1. The minimum absolute atomic E-state index is 1.01. The Morgan fingerprint density at radius 3 is 3.00 bits per heavy atom. The first-order valence-corrected chi connectivity index (χ1v) is 3.63. The van der Waals surface area contributed by atoms with E-state index in [1.54, 1.807) is 0 Å². The van der Waals surface area contributed by atoms with Gasteiger partial charge < -0.3 is 0 Å². The van der Waals surface area contributed by atoms with Gasteiger partial charge in [0.2, 0.25) is 0 Å². The van der Waals surface area contributed by atoms with Crippen LogP contribution in [0.5, 0.6) is 0 Å². The van der Waals surface area contributed by atoms with Crippen LogP contribution in [-0.2, 0) is 6.42 Å². The van der Waals surface area contributed by atoms with Gasteiger partial charge in [-0.1, -0.05) is 13.0 Å². The molecule has 1 aromatic heterocycles. The van der Waals surface area contributed by atoms with Crippen LogP contribution in [0.3, 0.4) is 0 Å². The molecule has 0 fully saturated rings. The van der Waals surface area contributed by atoms with Crippen molar-refractivity contribution in [2.75, 3.05) is 0 Å². The standard InChI is InChI=1S/C7H9S/c1-2-4-7-5-3-6-8-7/h3,5-6H,1-2,4H2. The van der Waals surface area contributed by atoms with Crippen molar-refractivity contribution >= 4 is 11.3 Å². The van der Waals surface area contributed by atoms with E-state index in [-0.39, 0.29) is 0 Å². The van der Waals surface area contributed by atoms with E-state index in [4.69, 9.17) is 0 Å². The van der Waals surface area contributed by atoms with Gasteiger partial charge in [-0.15, -0.1) is 11.3 Å². The molecule has 0 unspecified atom stereocenters. The van der Waals surface area contributed by atoms with Crippen molar-refractivity contribution in [1.29, 1.82) is 0 Å². The van der Waals surface area contributed by atoms with Gasteiger partial charge in [0.25, 0.3) is 0 Å². The predicted octanol–water partition coefficient (Wildman–Crippen LogP) is 2.51. The van der Waals surface area contributed by atoms with Crippen LogP contribution in [0.4, 0.5) is 0 Å². The molecule has 1 heteroatoms. The van der Waals surface area contributed by atoms with Crippen LogP contribution in [0.15, 0.2) is 17.5 Å². The fraction of sp³-hybridized carbons (Fsp3) is 0.286. The zero-order chi connectivity index (χ0) is 5.82. The Hall–Kier alpha value is -0.300. The lowest BCUT2D eigenvalue weighted by atomic mass is 10.3. The van der Waals surface area contributed by atoms with Gasteiger partial charge in [-0.05, 0) is 24.3 Å². The summed E-state index contributed by atoms with van der Waals surface area (Å²) >= 11 is 1.81. The van der Waals surface area contributed by atoms with Crippen LogP contribution in [0.25, 0.3) is 0 Å². The molecular weight excluding hydrogens is 116 g/mol. The summed E-state index contributed by atoms with van der Waals surface area (Å²) in [7, 11) is 0. The second kappa shape index (κ2) is 2.88. The van der Waals surface area contributed by atoms with Gasteiger partial charge in [-0.2, -0.15) is 0 Å². The lowest BCUT2D eigenvalue weighted by Gasteiger charge is -1.85. The highest BCUT2D eigenvalue weighted by Crippen LogP contribution is 2.09. The molecule has 1 rings (SSSR count). The van der Waals surface area contributed by atoms with Crippen LogP contribution >= 0.6 is 11.3 Å². The van der Waals surface area contributed by atoms with Gasteiger partial charge in [0.05, 0.1) is 0 Å². The zero-order valence-electron chi connectivity index (χ0n) is 4.76. The fourth-order valence-electron chi connectivity index (χ4n) is 0.629. The average molecular weight is 125 g/mol. The molecule has 1 radical (unpaired) electrons. The van der Waals surface area contributed by atoms with E-state index in [9.17, 15) is 0 Å². The van der Waals surface area contributed by atoms with Crippen molar-refractivity contribution < 1.29 is 0 Å². The summed E-state index contributed by atoms with van der Waals surface area (Å²) in [5, 5.41) is 2.10. The zero-order valence-corrected chi connectivity index (χ0v) is 5.58. The topological polar surface area (TPSA) is 0 Å². The lowest BCUT2D eigenvalue weighted by molar-refractivity contribution is 1.03. The second-order valence-electron chi connectivity index (χ2n) is 1.68. The van der Waals surface area contributed by atoms with Crippen molar-refractivity contribution in [3.8, 4) is 0 Å². The van der Waals surface area contributed by atoms with Gasteiger partial charge in [-0.25, -0.2) is 0 Å². The summed E-state index contributed by atoms with van der Waals surface area (Å²) in [5.74, 6) is 0. The van der Waals surface area contributed by atoms with Gasteiger partial charge in [0.15, 0.2) is 0 Å². The average Bonchev–Trinajstić information content (AvgIpc) is 2.19. The van der Waals surface area contributed by atoms with E-state index >= 15 is 0 Å². The molecule has 8 heavy (non-hydrogen) atoms. The normalized spacial score (nSPS) is 9.62. The van der Waals surface area contributed by atoms with E-state index < -0.39 is 0 Å². The van der Waals surface area contributed by atoms with Crippen molar-refractivity contribution in [2.45, 2.75) is 12.8 Å². The minimum Gasteiger partial charge on any atom is -0.149 e. The summed E-state index contributed by atoms with van der Waals surface area (Å²) in [4.78, 5) is 1.44. The third kappa shape index (κ3) is 1.34. The van der Waals surface area contributed by atoms with E-state index in [2.05, 4.69) is 24.4 Å². The molecule has 0 aromatic carbocycles. The van der Waals surface area contributed by atoms with Crippen LogP contribution in [0.1, 0.15) is 11.3 Å². The molecule has 1 aromatic rings. The maximum atomic E-state index is 3.77. The molecule has 0 atom stereocenters. The maximum absolute atomic E-state index is 3.77. The van der Waals surface area contributed by atoms with E-state index in [1.165, 1.54) is 4.88 Å². The van der Waals surface area contributed by atoms with Crippen LogP contribution in [-0.4, -0.2) is 0 Å². The number of aryl methyl sites for hydroxylation is 1. The third-order valence-corrected chi connectivity index (χ3v) is 1.94. The Bertz CT molecular complexity index is 130. The largest absolute Gasteiger partial charge is 0.149 e. The number of rotatable bonds is 2. The van der Waals surface area contributed by atoms with Crippen molar-refractivity contribution in [2.24, 2.45) is 0 Å². The van der Waals surface area contributed by atoms with Crippen molar-refractivity contribution in [3.63, 3.8) is 0 Å². The van der Waals surface area contributed by atoms with Crippen LogP contribution < -0.4 is 0 Å². The Morgan fingerprint density at radius 2 is 2.50 bits per heavy atom. The van der Waals surface area contributed by atoms with Gasteiger partial charge in [-0.3, -0.25) is 0 Å². The summed E-state index contributed by atoms with van der Waals surface area (Å²) in [6.45, 7) is 3.77. The molecule has 0 amide bonds. The summed E-state index contributed by atoms with van der Waals surface area (Å²) in [6, 6.07) is 4.23. The highest BCUT2D eigenvalue weighted by Gasteiger charge is 1.87. The molecule has 1 heterocycles.